The van der Waals surface area contributed by atoms with E-state index >= 15 is 4.39 Å². The molecule has 0 spiro atoms. The highest BCUT2D eigenvalue weighted by molar-refractivity contribution is 7.92. The van der Waals surface area contributed by atoms with Crippen molar-refractivity contribution in [3.8, 4) is 28.1 Å². The van der Waals surface area contributed by atoms with E-state index in [0.717, 1.165) is 17.8 Å². The number of carbonyl (C=O) groups is 1. The van der Waals surface area contributed by atoms with Crippen molar-refractivity contribution >= 4 is 27.5 Å². The van der Waals surface area contributed by atoms with Gasteiger partial charge in [0.05, 0.1) is 17.1 Å². The van der Waals surface area contributed by atoms with E-state index < -0.39 is 32.9 Å². The van der Waals surface area contributed by atoms with Crippen molar-refractivity contribution in [1.82, 2.24) is 19.7 Å². The van der Waals surface area contributed by atoms with Crippen LogP contribution in [-0.2, 0) is 14.8 Å². The second-order valence-electron chi connectivity index (χ2n) is 11.8. The van der Waals surface area contributed by atoms with Gasteiger partial charge >= 0.3 is 6.09 Å². The van der Waals surface area contributed by atoms with Gasteiger partial charge in [-0.25, -0.2) is 26.7 Å². The van der Waals surface area contributed by atoms with E-state index in [9.17, 15) is 17.6 Å². The Morgan fingerprint density at radius 2 is 1.60 bits per heavy atom. The molecule has 5 rings (SSSR count). The van der Waals surface area contributed by atoms with Crippen molar-refractivity contribution in [3.63, 3.8) is 0 Å². The first-order valence-electron chi connectivity index (χ1n) is 14.7. The number of rotatable bonds is 8. The highest BCUT2D eigenvalue weighted by Gasteiger charge is 2.26. The molecule has 2 aromatic heterocycles. The lowest BCUT2D eigenvalue weighted by atomic mass is 10.0. The summed E-state index contributed by atoms with van der Waals surface area (Å²) in [5.41, 5.74) is 1.74. The molecule has 13 heteroatoms. The van der Waals surface area contributed by atoms with Gasteiger partial charge in [-0.2, -0.15) is 5.10 Å². The molecule has 45 heavy (non-hydrogen) atoms. The van der Waals surface area contributed by atoms with Crippen LogP contribution in [0.3, 0.4) is 0 Å². The zero-order chi connectivity index (χ0) is 32.4. The number of nitrogens with zero attached hydrogens (tertiary/aromatic N) is 5. The van der Waals surface area contributed by atoms with Gasteiger partial charge in [0.15, 0.2) is 5.82 Å². The Morgan fingerprint density at radius 1 is 0.956 bits per heavy atom. The van der Waals surface area contributed by atoms with Gasteiger partial charge in [0.25, 0.3) is 0 Å². The van der Waals surface area contributed by atoms with E-state index in [2.05, 4.69) is 14.6 Å². The number of piperazine rings is 1. The highest BCUT2D eigenvalue weighted by atomic mass is 32.2. The minimum absolute atomic E-state index is 0.137. The highest BCUT2D eigenvalue weighted by Crippen LogP contribution is 2.37. The quantitative estimate of drug-likeness (QED) is 0.249. The van der Waals surface area contributed by atoms with Crippen LogP contribution in [0.15, 0.2) is 67.1 Å². The minimum Gasteiger partial charge on any atom is -0.444 e. The standard InChI is InChI=1S/C32H36F2N6O4S/c1-5-18-45(42,43)37-28-20-23(33)19-26(29(28)34)27-21-40(36-30(27)22-10-12-35-13-11-22)25-8-6-24(7-9-25)38-14-16-39(17-15-38)31(41)44-32(2,3)4/h6-13,19-21,37H,5,14-18H2,1-4H3. The van der Waals surface area contributed by atoms with Gasteiger partial charge in [0, 0.05) is 73.2 Å². The van der Waals surface area contributed by atoms with Gasteiger partial charge < -0.3 is 14.5 Å². The summed E-state index contributed by atoms with van der Waals surface area (Å²) < 4.78 is 64.7. The van der Waals surface area contributed by atoms with Crippen LogP contribution < -0.4 is 9.62 Å². The molecule has 1 amide bonds. The fourth-order valence-electron chi connectivity index (χ4n) is 5.06. The topological polar surface area (TPSA) is 110 Å². The van der Waals surface area contributed by atoms with Gasteiger partial charge in [-0.3, -0.25) is 9.71 Å². The van der Waals surface area contributed by atoms with Crippen molar-refractivity contribution in [2.75, 3.05) is 41.6 Å². The second kappa shape index (κ2) is 12.8. The molecule has 1 fully saturated rings. The Balaban J connectivity index is 1.43. The minimum atomic E-state index is -3.87. The largest absolute Gasteiger partial charge is 0.444 e. The molecule has 238 valence electrons. The summed E-state index contributed by atoms with van der Waals surface area (Å²) in [5.74, 6) is -1.94. The van der Waals surface area contributed by atoms with Crippen molar-refractivity contribution in [1.29, 1.82) is 0 Å². The number of hydrogen-bond donors (Lipinski definition) is 1. The molecule has 1 aliphatic rings. The molecule has 1 N–H and O–H groups in total. The fraction of sp³-hybridized carbons (Fsp3) is 0.344. The smallest absolute Gasteiger partial charge is 0.410 e. The fourth-order valence-corrected chi connectivity index (χ4v) is 6.19. The molecule has 0 radical (unpaired) electrons. The van der Waals surface area contributed by atoms with Gasteiger partial charge in [-0.1, -0.05) is 6.92 Å². The zero-order valence-corrected chi connectivity index (χ0v) is 26.4. The summed E-state index contributed by atoms with van der Waals surface area (Å²) in [6.07, 6.45) is 4.73. The van der Waals surface area contributed by atoms with Crippen molar-refractivity contribution < 1.29 is 26.7 Å². The number of sulfonamides is 1. The van der Waals surface area contributed by atoms with Gasteiger partial charge in [-0.05, 0) is 69.7 Å². The number of hydrogen-bond acceptors (Lipinski definition) is 7. The number of nitrogens with one attached hydrogen (secondary N) is 1. The normalized spacial score (nSPS) is 14.0. The maximum Gasteiger partial charge on any atom is 0.410 e. The molecule has 1 aliphatic heterocycles. The Hall–Kier alpha value is -4.52. The van der Waals surface area contributed by atoms with Crippen LogP contribution in [0.4, 0.5) is 25.0 Å². The van der Waals surface area contributed by atoms with E-state index in [0.29, 0.717) is 49.5 Å². The van der Waals surface area contributed by atoms with Crippen LogP contribution in [0.5, 0.6) is 0 Å². The first-order valence-corrected chi connectivity index (χ1v) is 16.3. The van der Waals surface area contributed by atoms with Crippen LogP contribution in [0.1, 0.15) is 34.1 Å². The SMILES string of the molecule is CCCS(=O)(=O)Nc1cc(F)cc(-c2cn(-c3ccc(N4CCN(C(=O)OC(C)(C)C)CC4)cc3)nc2-c2ccncc2)c1F. The Bertz CT molecular complexity index is 1770. The lowest BCUT2D eigenvalue weighted by Gasteiger charge is -2.36. The number of carbonyl (C=O) groups excluding carboxylic acids is 1. The predicted molar refractivity (Wildman–Crippen MR) is 170 cm³/mol. The summed E-state index contributed by atoms with van der Waals surface area (Å²) in [4.78, 5) is 20.4. The van der Waals surface area contributed by atoms with Gasteiger partial charge in [0.2, 0.25) is 10.0 Å². The van der Waals surface area contributed by atoms with E-state index in [1.54, 1.807) is 47.2 Å². The van der Waals surface area contributed by atoms with Crippen LogP contribution in [0.2, 0.25) is 0 Å². The summed E-state index contributed by atoms with van der Waals surface area (Å²) in [6, 6.07) is 12.9. The monoisotopic (exact) mass is 638 g/mol. The van der Waals surface area contributed by atoms with Crippen molar-refractivity contribution in [2.24, 2.45) is 0 Å². The molecule has 0 unspecified atom stereocenters. The molecular formula is C32H36F2N6O4S. The number of ether oxygens (including phenoxy) is 1. The number of anilines is 2. The maximum atomic E-state index is 15.9. The molecule has 0 atom stereocenters. The summed E-state index contributed by atoms with van der Waals surface area (Å²) in [7, 11) is -3.87. The van der Waals surface area contributed by atoms with Gasteiger partial charge in [-0.15, -0.1) is 0 Å². The summed E-state index contributed by atoms with van der Waals surface area (Å²) in [5, 5.41) is 4.72. The molecule has 1 saturated heterocycles. The van der Waals surface area contributed by atoms with Crippen LogP contribution in [0.25, 0.3) is 28.1 Å². The third-order valence-electron chi connectivity index (χ3n) is 7.14. The number of benzene rings is 2. The second-order valence-corrected chi connectivity index (χ2v) is 13.6. The molecule has 0 saturated carbocycles. The molecule has 3 heterocycles. The van der Waals surface area contributed by atoms with E-state index in [4.69, 9.17) is 9.84 Å². The van der Waals surface area contributed by atoms with Crippen LogP contribution >= 0.6 is 0 Å². The molecular weight excluding hydrogens is 602 g/mol. The molecule has 4 aromatic rings. The van der Waals surface area contributed by atoms with E-state index in [-0.39, 0.29) is 23.0 Å². The predicted octanol–water partition coefficient (Wildman–Crippen LogP) is 6.09. The molecule has 10 nitrogen and oxygen atoms in total. The molecule has 0 aliphatic carbocycles. The Labute approximate surface area is 261 Å². The number of aromatic nitrogens is 3. The summed E-state index contributed by atoms with van der Waals surface area (Å²) in [6.45, 7) is 9.55. The maximum absolute atomic E-state index is 15.9. The number of pyridine rings is 1. The first-order chi connectivity index (χ1) is 21.3. The van der Waals surface area contributed by atoms with Gasteiger partial charge in [0.1, 0.15) is 17.1 Å². The molecule has 0 bridgehead atoms. The Kier molecular flexibility index (Phi) is 9.10. The first kappa shape index (κ1) is 31.9. The average molecular weight is 639 g/mol. The van der Waals surface area contributed by atoms with E-state index in [1.165, 1.54) is 0 Å². The lowest BCUT2D eigenvalue weighted by molar-refractivity contribution is 0.0240. The number of amides is 1. The molecule has 2 aromatic carbocycles. The van der Waals surface area contributed by atoms with Crippen LogP contribution in [0, 0.1) is 11.6 Å². The van der Waals surface area contributed by atoms with Crippen molar-refractivity contribution in [3.05, 3.63) is 78.8 Å². The average Bonchev–Trinajstić information content (AvgIpc) is 3.44. The Morgan fingerprint density at radius 3 is 2.22 bits per heavy atom. The third-order valence-corrected chi connectivity index (χ3v) is 8.62. The number of halogens is 2. The van der Waals surface area contributed by atoms with Crippen molar-refractivity contribution in [2.45, 2.75) is 39.7 Å². The van der Waals surface area contributed by atoms with E-state index in [1.807, 2.05) is 45.0 Å². The third kappa shape index (κ3) is 7.59. The van der Waals surface area contributed by atoms with Crippen LogP contribution in [-0.4, -0.2) is 71.7 Å². The lowest BCUT2D eigenvalue weighted by Crippen LogP contribution is -2.50. The summed E-state index contributed by atoms with van der Waals surface area (Å²) >= 11 is 0. The zero-order valence-electron chi connectivity index (χ0n) is 25.6.